The van der Waals surface area contributed by atoms with E-state index in [9.17, 15) is 4.79 Å². The van der Waals surface area contributed by atoms with E-state index in [2.05, 4.69) is 20.3 Å². The van der Waals surface area contributed by atoms with Gasteiger partial charge in [0.2, 0.25) is 11.8 Å². The van der Waals surface area contributed by atoms with Crippen molar-refractivity contribution >= 4 is 23.2 Å². The van der Waals surface area contributed by atoms with Crippen LogP contribution in [-0.4, -0.2) is 45.9 Å². The van der Waals surface area contributed by atoms with Crippen LogP contribution in [0.3, 0.4) is 0 Å². The molecule has 4 heterocycles. The van der Waals surface area contributed by atoms with E-state index in [1.807, 2.05) is 24.4 Å². The van der Waals surface area contributed by atoms with Gasteiger partial charge in [-0.3, -0.25) is 15.1 Å². The molecule has 2 N–H and O–H groups in total. The largest absolute Gasteiger partial charge is 0.481 e. The van der Waals surface area contributed by atoms with Gasteiger partial charge >= 0.3 is 0 Å². The van der Waals surface area contributed by atoms with Gasteiger partial charge in [0.05, 0.1) is 18.6 Å². The van der Waals surface area contributed by atoms with Gasteiger partial charge in [-0.1, -0.05) is 6.07 Å². The molecule has 0 aromatic carbocycles. The van der Waals surface area contributed by atoms with Crippen LogP contribution in [0.2, 0.25) is 0 Å². The van der Waals surface area contributed by atoms with Gasteiger partial charge < -0.3 is 10.1 Å². The number of carbonyl (C=O) groups excluding carboxylic acids is 1. The second kappa shape index (κ2) is 7.25. The first kappa shape index (κ1) is 19.0. The van der Waals surface area contributed by atoms with Crippen LogP contribution in [0.15, 0.2) is 48.5 Å². The second-order valence-corrected chi connectivity index (χ2v) is 7.88. The Morgan fingerprint density at radius 1 is 1.24 bits per heavy atom. The topological polar surface area (TPSA) is 104 Å². The quantitative estimate of drug-likeness (QED) is 0.688. The third-order valence-corrected chi connectivity index (χ3v) is 6.34. The first-order valence-corrected chi connectivity index (χ1v) is 9.80. The predicted octanol–water partition coefficient (Wildman–Crippen LogP) is 2.60. The summed E-state index contributed by atoms with van der Waals surface area (Å²) >= 11 is 1.53. The molecule has 1 amide bonds. The number of amides is 1. The molecule has 0 unspecified atom stereocenters. The van der Waals surface area contributed by atoms with Crippen molar-refractivity contribution in [1.82, 2.24) is 25.2 Å². The van der Waals surface area contributed by atoms with Crippen LogP contribution in [-0.2, 0) is 10.3 Å². The zero-order valence-electron chi connectivity index (χ0n) is 16.2. The Hall–Kier alpha value is -3.33. The van der Waals surface area contributed by atoms with Crippen molar-refractivity contribution in [3.05, 3.63) is 58.9 Å². The predicted molar refractivity (Wildman–Crippen MR) is 110 cm³/mol. The van der Waals surface area contributed by atoms with Gasteiger partial charge in [0, 0.05) is 42.1 Å². The maximum Gasteiger partial charge on any atom is 0.239 e. The number of rotatable bonds is 4. The molecule has 0 saturated carbocycles. The molecule has 0 bridgehead atoms. The van der Waals surface area contributed by atoms with E-state index in [1.54, 1.807) is 38.8 Å². The van der Waals surface area contributed by atoms with Crippen molar-refractivity contribution in [2.75, 3.05) is 14.2 Å². The van der Waals surface area contributed by atoms with Crippen LogP contribution >= 0.6 is 11.3 Å². The van der Waals surface area contributed by atoms with Gasteiger partial charge in [-0.05, 0) is 29.5 Å². The summed E-state index contributed by atoms with van der Waals surface area (Å²) in [6.07, 6.45) is 6.65. The van der Waals surface area contributed by atoms with Crippen LogP contribution in [0.1, 0.15) is 23.3 Å². The number of thiophene rings is 1. The van der Waals surface area contributed by atoms with E-state index < -0.39 is 11.5 Å². The molecule has 29 heavy (non-hydrogen) atoms. The fraction of sp³-hybridized carbons (Fsp3) is 0.250. The summed E-state index contributed by atoms with van der Waals surface area (Å²) in [6, 6.07) is 5.60. The second-order valence-electron chi connectivity index (χ2n) is 6.97. The van der Waals surface area contributed by atoms with E-state index in [4.69, 9.17) is 10.1 Å². The molecule has 1 aliphatic heterocycles. The van der Waals surface area contributed by atoms with Gasteiger partial charge in [0.1, 0.15) is 6.33 Å². The highest BCUT2D eigenvalue weighted by molar-refractivity contribution is 7.10. The highest BCUT2D eigenvalue weighted by atomic mass is 32.1. The molecule has 2 atom stereocenters. The average Bonchev–Trinajstić information content (AvgIpc) is 3.24. The summed E-state index contributed by atoms with van der Waals surface area (Å²) in [7, 11) is 3.15. The molecule has 3 aromatic heterocycles. The number of hydrogen-bond donors (Lipinski definition) is 2. The molecule has 0 spiro atoms. The SMILES string of the molecule is COc1ccc([C@@H]2C(=O)N(C)C(=N)N[C@]2(C)c2cc(-c3cncnc3)cs2)cn1. The van der Waals surface area contributed by atoms with E-state index in [0.29, 0.717) is 5.88 Å². The van der Waals surface area contributed by atoms with E-state index in [-0.39, 0.29) is 11.9 Å². The third-order valence-electron chi connectivity index (χ3n) is 5.18. The van der Waals surface area contributed by atoms with Crippen molar-refractivity contribution in [2.24, 2.45) is 0 Å². The Bertz CT molecular complexity index is 1050. The number of guanidine groups is 1. The van der Waals surface area contributed by atoms with Crippen molar-refractivity contribution < 1.29 is 9.53 Å². The lowest BCUT2D eigenvalue weighted by atomic mass is 9.77. The number of pyridine rings is 1. The van der Waals surface area contributed by atoms with Crippen LogP contribution < -0.4 is 10.1 Å². The molecule has 4 rings (SSSR count). The smallest absolute Gasteiger partial charge is 0.239 e. The van der Waals surface area contributed by atoms with Gasteiger partial charge in [0.25, 0.3) is 0 Å². The fourth-order valence-electron chi connectivity index (χ4n) is 3.52. The average molecular weight is 408 g/mol. The zero-order chi connectivity index (χ0) is 20.6. The van der Waals surface area contributed by atoms with Crippen molar-refractivity contribution in [2.45, 2.75) is 18.4 Å². The van der Waals surface area contributed by atoms with Crippen LogP contribution in [0.25, 0.3) is 11.1 Å². The minimum Gasteiger partial charge on any atom is -0.481 e. The Morgan fingerprint density at radius 3 is 2.66 bits per heavy atom. The molecule has 1 aliphatic rings. The van der Waals surface area contributed by atoms with Crippen LogP contribution in [0.5, 0.6) is 5.88 Å². The zero-order valence-corrected chi connectivity index (χ0v) is 17.0. The van der Waals surface area contributed by atoms with Gasteiger partial charge in [-0.2, -0.15) is 0 Å². The number of ether oxygens (including phenoxy) is 1. The van der Waals surface area contributed by atoms with E-state index in [0.717, 1.165) is 21.6 Å². The van der Waals surface area contributed by atoms with Gasteiger partial charge in [-0.15, -0.1) is 11.3 Å². The van der Waals surface area contributed by atoms with Gasteiger partial charge in [-0.25, -0.2) is 15.0 Å². The number of carbonyl (C=O) groups is 1. The molecular formula is C20H20N6O2S. The first-order chi connectivity index (χ1) is 13.9. The lowest BCUT2D eigenvalue weighted by Crippen LogP contribution is -2.62. The summed E-state index contributed by atoms with van der Waals surface area (Å²) in [6.45, 7) is 1.94. The highest BCUT2D eigenvalue weighted by Gasteiger charge is 2.49. The number of methoxy groups -OCH3 is 1. The Morgan fingerprint density at radius 2 is 2.00 bits per heavy atom. The number of likely N-dealkylation sites (N-methyl/N-ethyl adjacent to an activating group) is 1. The Kier molecular flexibility index (Phi) is 4.75. The molecule has 1 saturated heterocycles. The Labute approximate surface area is 172 Å². The molecule has 8 nitrogen and oxygen atoms in total. The molecule has 1 fully saturated rings. The molecule has 9 heteroatoms. The molecule has 0 radical (unpaired) electrons. The minimum atomic E-state index is -0.810. The van der Waals surface area contributed by atoms with Crippen molar-refractivity contribution in [1.29, 1.82) is 5.41 Å². The van der Waals surface area contributed by atoms with Gasteiger partial charge in [0.15, 0.2) is 5.96 Å². The number of aromatic nitrogens is 3. The molecule has 0 aliphatic carbocycles. The number of hydrogen-bond acceptors (Lipinski definition) is 7. The normalized spacial score (nSPS) is 21.8. The first-order valence-electron chi connectivity index (χ1n) is 8.92. The summed E-state index contributed by atoms with van der Waals surface area (Å²) in [5, 5.41) is 13.5. The van der Waals surface area contributed by atoms with Crippen molar-refractivity contribution in [3.8, 4) is 17.0 Å². The third kappa shape index (κ3) is 3.23. The van der Waals surface area contributed by atoms with Crippen LogP contribution in [0.4, 0.5) is 0 Å². The monoisotopic (exact) mass is 408 g/mol. The molecule has 3 aromatic rings. The Balaban J connectivity index is 1.80. The minimum absolute atomic E-state index is 0.0632. The van der Waals surface area contributed by atoms with Crippen molar-refractivity contribution in [3.63, 3.8) is 0 Å². The molecular weight excluding hydrogens is 388 g/mol. The summed E-state index contributed by atoms with van der Waals surface area (Å²) in [4.78, 5) is 27.9. The summed E-state index contributed by atoms with van der Waals surface area (Å²) < 4.78 is 5.14. The maximum absolute atomic E-state index is 13.2. The number of nitrogens with zero attached hydrogens (tertiary/aromatic N) is 4. The molecule has 148 valence electrons. The van der Waals surface area contributed by atoms with E-state index in [1.165, 1.54) is 22.6 Å². The lowest BCUT2D eigenvalue weighted by molar-refractivity contribution is -0.131. The highest BCUT2D eigenvalue weighted by Crippen LogP contribution is 2.44. The lowest BCUT2D eigenvalue weighted by Gasteiger charge is -2.45. The van der Waals surface area contributed by atoms with Crippen LogP contribution in [0, 0.1) is 5.41 Å². The number of nitrogens with one attached hydrogen (secondary N) is 2. The summed E-state index contributed by atoms with van der Waals surface area (Å²) in [5.74, 6) is -0.178. The standard InChI is InChI=1S/C20H20N6O2S/c1-20(15-6-13(10-29-15)14-7-22-11-23-8-14)17(18(27)26(2)19(21)25-20)12-4-5-16(28-3)24-9-12/h4-11,17H,1-3H3,(H2,21,25)/t17-,20-/m1/s1. The maximum atomic E-state index is 13.2. The fourth-order valence-corrected chi connectivity index (χ4v) is 4.59. The van der Waals surface area contributed by atoms with E-state index >= 15 is 0 Å². The summed E-state index contributed by atoms with van der Waals surface area (Å²) in [5.41, 5.74) is 1.81.